The maximum atomic E-state index is 12.6. The number of hydrogen-bond donors (Lipinski definition) is 1. The smallest absolute Gasteiger partial charge is 0.230 e. The average Bonchev–Trinajstić information content (AvgIpc) is 2.72. The van der Waals surface area contributed by atoms with Gasteiger partial charge in [0, 0.05) is 11.6 Å². The molecule has 28 heavy (non-hydrogen) atoms. The Morgan fingerprint density at radius 3 is 2.36 bits per heavy atom. The van der Waals surface area contributed by atoms with Crippen molar-refractivity contribution in [3.8, 4) is 0 Å². The minimum absolute atomic E-state index is 0.0672. The van der Waals surface area contributed by atoms with Crippen LogP contribution in [-0.4, -0.2) is 37.0 Å². The number of piperidine rings is 1. The number of benzene rings is 2. The van der Waals surface area contributed by atoms with Crippen LogP contribution in [0.3, 0.4) is 0 Å². The molecule has 0 unspecified atom stereocenters. The average molecular weight is 399 g/mol. The van der Waals surface area contributed by atoms with Gasteiger partial charge in [-0.25, -0.2) is 0 Å². The molecule has 3 rings (SSSR count). The highest BCUT2D eigenvalue weighted by molar-refractivity contribution is 6.30. The summed E-state index contributed by atoms with van der Waals surface area (Å²) in [6.45, 7) is 7.96. The van der Waals surface area contributed by atoms with Gasteiger partial charge in [0.05, 0.1) is 5.41 Å². The number of carbonyl (C=O) groups excluding carboxylic acids is 1. The Morgan fingerprint density at radius 1 is 1.07 bits per heavy atom. The van der Waals surface area contributed by atoms with Gasteiger partial charge in [0.1, 0.15) is 0 Å². The van der Waals surface area contributed by atoms with Gasteiger partial charge in [-0.05, 0) is 81.9 Å². The minimum atomic E-state index is -0.557. The van der Waals surface area contributed by atoms with Crippen LogP contribution in [0.5, 0.6) is 0 Å². The predicted molar refractivity (Wildman–Crippen MR) is 117 cm³/mol. The molecule has 0 atom stereocenters. The zero-order chi connectivity index (χ0) is 20.0. The topological polar surface area (TPSA) is 32.3 Å². The number of likely N-dealkylation sites (tertiary alicyclic amines) is 1. The second-order valence-electron chi connectivity index (χ2n) is 8.27. The number of nitrogens with zero attached hydrogens (tertiary/aromatic N) is 1. The largest absolute Gasteiger partial charge is 0.355 e. The maximum Gasteiger partial charge on any atom is 0.230 e. The van der Waals surface area contributed by atoms with E-state index in [1.807, 2.05) is 38.1 Å². The van der Waals surface area contributed by atoms with Crippen LogP contribution in [0.2, 0.25) is 5.02 Å². The molecule has 0 radical (unpaired) electrons. The van der Waals surface area contributed by atoms with E-state index in [9.17, 15) is 4.79 Å². The third-order valence-corrected chi connectivity index (χ3v) is 6.18. The molecule has 1 heterocycles. The summed E-state index contributed by atoms with van der Waals surface area (Å²) in [5, 5.41) is 3.80. The molecule has 0 bridgehead atoms. The molecule has 0 aliphatic carbocycles. The molecule has 3 nitrogen and oxygen atoms in total. The van der Waals surface area contributed by atoms with E-state index >= 15 is 0 Å². The first-order valence-electron chi connectivity index (χ1n) is 10.3. The van der Waals surface area contributed by atoms with Crippen LogP contribution >= 0.6 is 11.6 Å². The van der Waals surface area contributed by atoms with Crippen molar-refractivity contribution in [2.24, 2.45) is 0 Å². The van der Waals surface area contributed by atoms with Crippen molar-refractivity contribution in [3.63, 3.8) is 0 Å². The molecule has 1 N–H and O–H groups in total. The van der Waals surface area contributed by atoms with E-state index in [2.05, 4.69) is 40.5 Å². The van der Waals surface area contributed by atoms with Crippen LogP contribution in [0, 0.1) is 0 Å². The molecular weight excluding hydrogens is 368 g/mol. The van der Waals surface area contributed by atoms with Gasteiger partial charge in [-0.15, -0.1) is 0 Å². The lowest BCUT2D eigenvalue weighted by molar-refractivity contribution is -0.125. The van der Waals surface area contributed by atoms with Gasteiger partial charge in [-0.1, -0.05) is 54.1 Å². The van der Waals surface area contributed by atoms with Gasteiger partial charge in [0.2, 0.25) is 5.91 Å². The number of halogens is 1. The minimum Gasteiger partial charge on any atom is -0.355 e. The Hall–Kier alpha value is -1.84. The summed E-state index contributed by atoms with van der Waals surface area (Å²) < 4.78 is 0. The zero-order valence-corrected chi connectivity index (χ0v) is 17.7. The van der Waals surface area contributed by atoms with Crippen LogP contribution < -0.4 is 5.32 Å². The fraction of sp³-hybridized carbons (Fsp3) is 0.458. The lowest BCUT2D eigenvalue weighted by atomic mass is 9.84. The van der Waals surface area contributed by atoms with Crippen molar-refractivity contribution >= 4 is 17.5 Å². The molecule has 1 aliphatic rings. The first kappa shape index (κ1) is 20.9. The molecule has 1 saturated heterocycles. The summed E-state index contributed by atoms with van der Waals surface area (Å²) in [5.41, 5.74) is 1.90. The van der Waals surface area contributed by atoms with Crippen molar-refractivity contribution < 1.29 is 4.79 Å². The Bertz CT molecular complexity index is 750. The highest BCUT2D eigenvalue weighted by atomic mass is 35.5. The van der Waals surface area contributed by atoms with Crippen LogP contribution in [0.4, 0.5) is 0 Å². The van der Waals surface area contributed by atoms with Gasteiger partial charge in [0.15, 0.2) is 0 Å². The van der Waals surface area contributed by atoms with Crippen LogP contribution in [0.15, 0.2) is 54.6 Å². The van der Waals surface area contributed by atoms with Crippen LogP contribution in [-0.2, 0) is 10.2 Å². The summed E-state index contributed by atoms with van der Waals surface area (Å²) in [7, 11) is 0. The first-order valence-corrected chi connectivity index (χ1v) is 10.7. The summed E-state index contributed by atoms with van der Waals surface area (Å²) in [5.74, 6) is 0.759. The fourth-order valence-electron chi connectivity index (χ4n) is 3.94. The number of rotatable bonds is 7. The molecule has 1 aliphatic heterocycles. The lowest BCUT2D eigenvalue weighted by Crippen LogP contribution is -2.41. The molecule has 1 amide bonds. The monoisotopic (exact) mass is 398 g/mol. The molecular formula is C24H31ClN2O. The normalized spacial score (nSPS) is 16.1. The van der Waals surface area contributed by atoms with E-state index in [-0.39, 0.29) is 5.91 Å². The molecule has 0 saturated carbocycles. The van der Waals surface area contributed by atoms with E-state index in [0.29, 0.717) is 17.5 Å². The van der Waals surface area contributed by atoms with Crippen LogP contribution in [0.1, 0.15) is 50.2 Å². The molecule has 4 heteroatoms. The molecule has 0 aromatic heterocycles. The number of amides is 1. The number of hydrogen-bond acceptors (Lipinski definition) is 2. The second-order valence-corrected chi connectivity index (χ2v) is 8.70. The van der Waals surface area contributed by atoms with Crippen molar-refractivity contribution in [2.75, 3.05) is 26.2 Å². The maximum absolute atomic E-state index is 12.6. The highest BCUT2D eigenvalue weighted by Crippen LogP contribution is 2.28. The van der Waals surface area contributed by atoms with Gasteiger partial charge >= 0.3 is 0 Å². The predicted octanol–water partition coefficient (Wildman–Crippen LogP) is 5.00. The second kappa shape index (κ2) is 9.58. The third-order valence-electron chi connectivity index (χ3n) is 5.93. The highest BCUT2D eigenvalue weighted by Gasteiger charge is 2.29. The molecule has 2 aromatic rings. The molecule has 1 fully saturated rings. The Kier molecular flexibility index (Phi) is 7.14. The van der Waals surface area contributed by atoms with Crippen molar-refractivity contribution in [3.05, 3.63) is 70.7 Å². The number of nitrogens with one attached hydrogen (secondary N) is 1. The van der Waals surface area contributed by atoms with Gasteiger partial charge in [0.25, 0.3) is 0 Å². The van der Waals surface area contributed by atoms with Crippen molar-refractivity contribution in [1.82, 2.24) is 10.2 Å². The fourth-order valence-corrected chi connectivity index (χ4v) is 4.06. The third kappa shape index (κ3) is 5.36. The van der Waals surface area contributed by atoms with Gasteiger partial charge in [-0.2, -0.15) is 0 Å². The number of carbonyl (C=O) groups is 1. The lowest BCUT2D eigenvalue weighted by Gasteiger charge is -2.32. The summed E-state index contributed by atoms with van der Waals surface area (Å²) >= 11 is 5.96. The van der Waals surface area contributed by atoms with Gasteiger partial charge < -0.3 is 10.2 Å². The Balaban J connectivity index is 1.38. The summed E-state index contributed by atoms with van der Waals surface area (Å²) in [6.07, 6.45) is 3.43. The van der Waals surface area contributed by atoms with E-state index in [4.69, 9.17) is 11.6 Å². The molecule has 2 aromatic carbocycles. The molecule has 150 valence electrons. The van der Waals surface area contributed by atoms with Crippen LogP contribution in [0.25, 0.3) is 0 Å². The quantitative estimate of drug-likeness (QED) is 0.665. The van der Waals surface area contributed by atoms with Crippen molar-refractivity contribution in [2.45, 2.75) is 44.4 Å². The standard InChI is InChI=1S/C24H31ClN2O/c1-24(2,21-9-11-22(25)12-10-21)23(28)26-15-6-16-27-17-13-20(14-18-27)19-7-4-3-5-8-19/h3-5,7-12,20H,6,13-18H2,1-2H3,(H,26,28). The molecule has 0 spiro atoms. The van der Waals surface area contributed by atoms with E-state index in [0.717, 1.165) is 31.6 Å². The summed E-state index contributed by atoms with van der Waals surface area (Å²) in [4.78, 5) is 15.2. The zero-order valence-electron chi connectivity index (χ0n) is 17.0. The Morgan fingerprint density at radius 2 is 1.71 bits per heavy atom. The van der Waals surface area contributed by atoms with E-state index < -0.39 is 5.41 Å². The van der Waals surface area contributed by atoms with Gasteiger partial charge in [-0.3, -0.25) is 4.79 Å². The summed E-state index contributed by atoms with van der Waals surface area (Å²) in [6, 6.07) is 18.4. The van der Waals surface area contributed by atoms with E-state index in [1.165, 1.54) is 18.4 Å². The van der Waals surface area contributed by atoms with Crippen molar-refractivity contribution in [1.29, 1.82) is 0 Å². The SMILES string of the molecule is CC(C)(C(=O)NCCCN1CCC(c2ccccc2)CC1)c1ccc(Cl)cc1. The first-order chi connectivity index (χ1) is 13.5. The van der Waals surface area contributed by atoms with E-state index in [1.54, 1.807) is 0 Å². The Labute approximate surface area is 174 Å².